The third-order valence-electron chi connectivity index (χ3n) is 3.54. The lowest BCUT2D eigenvalue weighted by Gasteiger charge is -2.20. The molecule has 1 aliphatic rings. The molecule has 3 rings (SSSR count). The highest BCUT2D eigenvalue weighted by molar-refractivity contribution is 9.10. The first-order valence-corrected chi connectivity index (χ1v) is 7.24. The number of aromatic nitrogens is 2. The average Bonchev–Trinajstić information content (AvgIpc) is 2.89. The maximum Gasteiger partial charge on any atom is 0.133 e. The molecule has 1 fully saturated rings. The van der Waals surface area contributed by atoms with Crippen molar-refractivity contribution in [1.29, 1.82) is 0 Å². The lowest BCUT2D eigenvalue weighted by atomic mass is 9.98. The number of hydrogen-bond acceptors (Lipinski definition) is 2. The Balaban J connectivity index is 1.87. The Labute approximate surface area is 119 Å². The quantitative estimate of drug-likeness (QED) is 0.888. The molecule has 0 saturated carbocycles. The Hall–Kier alpha value is -1.20. The minimum absolute atomic E-state index is 0.241. The molecule has 0 radical (unpaired) electrons. The molecule has 2 heterocycles. The van der Waals surface area contributed by atoms with Crippen LogP contribution in [0.4, 0.5) is 4.39 Å². The predicted molar refractivity (Wildman–Crippen MR) is 76.5 cm³/mol. The smallest absolute Gasteiger partial charge is 0.133 e. The topological polar surface area (TPSA) is 40.7 Å². The molecule has 1 aromatic heterocycles. The lowest BCUT2D eigenvalue weighted by Crippen LogP contribution is -2.27. The molecule has 1 saturated heterocycles. The molecule has 1 aromatic carbocycles. The molecule has 0 bridgehead atoms. The SMILES string of the molecule is Fc1cc(Br)ccc1-c1cnc(C2CCNCC2)[nH]1. The van der Waals surface area contributed by atoms with Crippen molar-refractivity contribution in [2.45, 2.75) is 18.8 Å². The number of aromatic amines is 1. The number of nitrogens with zero attached hydrogens (tertiary/aromatic N) is 1. The third-order valence-corrected chi connectivity index (χ3v) is 4.04. The van der Waals surface area contributed by atoms with Gasteiger partial charge in [0.2, 0.25) is 0 Å². The van der Waals surface area contributed by atoms with Crippen molar-refractivity contribution >= 4 is 15.9 Å². The fraction of sp³-hybridized carbons (Fsp3) is 0.357. The predicted octanol–water partition coefficient (Wildman–Crippen LogP) is 3.45. The summed E-state index contributed by atoms with van der Waals surface area (Å²) in [6.45, 7) is 2.04. The Morgan fingerprint density at radius 1 is 1.26 bits per heavy atom. The van der Waals surface area contributed by atoms with Crippen LogP contribution in [0.3, 0.4) is 0 Å². The van der Waals surface area contributed by atoms with E-state index >= 15 is 0 Å². The summed E-state index contributed by atoms with van der Waals surface area (Å²) in [5, 5.41) is 3.33. The summed E-state index contributed by atoms with van der Waals surface area (Å²) < 4.78 is 14.6. The first kappa shape index (κ1) is 12.8. The molecule has 3 nitrogen and oxygen atoms in total. The molecule has 100 valence electrons. The Morgan fingerprint density at radius 3 is 2.79 bits per heavy atom. The van der Waals surface area contributed by atoms with Gasteiger partial charge in [0.1, 0.15) is 11.6 Å². The van der Waals surface area contributed by atoms with Crippen LogP contribution in [0.5, 0.6) is 0 Å². The Kier molecular flexibility index (Phi) is 3.66. The Morgan fingerprint density at radius 2 is 2.05 bits per heavy atom. The summed E-state index contributed by atoms with van der Waals surface area (Å²) >= 11 is 3.26. The fourth-order valence-electron chi connectivity index (χ4n) is 2.48. The van der Waals surface area contributed by atoms with Gasteiger partial charge in [-0.3, -0.25) is 0 Å². The zero-order valence-electron chi connectivity index (χ0n) is 10.4. The number of nitrogens with one attached hydrogen (secondary N) is 2. The largest absolute Gasteiger partial charge is 0.342 e. The van der Waals surface area contributed by atoms with E-state index in [1.807, 2.05) is 6.07 Å². The van der Waals surface area contributed by atoms with Crippen molar-refractivity contribution in [3.05, 3.63) is 40.5 Å². The fourth-order valence-corrected chi connectivity index (χ4v) is 2.82. The van der Waals surface area contributed by atoms with Gasteiger partial charge in [-0.2, -0.15) is 0 Å². The van der Waals surface area contributed by atoms with E-state index in [9.17, 15) is 4.39 Å². The van der Waals surface area contributed by atoms with E-state index in [4.69, 9.17) is 0 Å². The molecular formula is C14H15BrFN3. The number of rotatable bonds is 2. The molecule has 0 unspecified atom stereocenters. The Bertz CT molecular complexity index is 576. The normalized spacial score (nSPS) is 16.7. The van der Waals surface area contributed by atoms with E-state index in [1.165, 1.54) is 6.07 Å². The highest BCUT2D eigenvalue weighted by Crippen LogP contribution is 2.28. The number of hydrogen-bond donors (Lipinski definition) is 2. The van der Waals surface area contributed by atoms with Crippen molar-refractivity contribution in [3.63, 3.8) is 0 Å². The van der Waals surface area contributed by atoms with Crippen LogP contribution in [-0.4, -0.2) is 23.1 Å². The van der Waals surface area contributed by atoms with E-state index in [2.05, 4.69) is 31.2 Å². The second-order valence-electron chi connectivity index (χ2n) is 4.83. The van der Waals surface area contributed by atoms with Gasteiger partial charge in [-0.15, -0.1) is 0 Å². The number of halogens is 2. The summed E-state index contributed by atoms with van der Waals surface area (Å²) in [5.74, 6) is 1.18. The lowest BCUT2D eigenvalue weighted by molar-refractivity contribution is 0.447. The molecule has 2 N–H and O–H groups in total. The first-order valence-electron chi connectivity index (χ1n) is 6.45. The molecule has 0 atom stereocenters. The van der Waals surface area contributed by atoms with Gasteiger partial charge in [0.05, 0.1) is 11.9 Å². The standard InChI is InChI=1S/C14H15BrFN3/c15-10-1-2-11(12(16)7-10)13-8-18-14(19-13)9-3-5-17-6-4-9/h1-2,7-9,17H,3-6H2,(H,18,19). The van der Waals surface area contributed by atoms with Gasteiger partial charge in [-0.25, -0.2) is 9.37 Å². The molecule has 0 aliphatic carbocycles. The molecule has 0 amide bonds. The van der Waals surface area contributed by atoms with Crippen molar-refractivity contribution < 1.29 is 4.39 Å². The second kappa shape index (κ2) is 5.43. The number of imidazole rings is 1. The minimum Gasteiger partial charge on any atom is -0.342 e. The highest BCUT2D eigenvalue weighted by atomic mass is 79.9. The van der Waals surface area contributed by atoms with Crippen LogP contribution in [0.15, 0.2) is 28.9 Å². The zero-order chi connectivity index (χ0) is 13.2. The van der Waals surface area contributed by atoms with Crippen LogP contribution in [-0.2, 0) is 0 Å². The van der Waals surface area contributed by atoms with Gasteiger partial charge in [-0.05, 0) is 44.1 Å². The maximum atomic E-state index is 13.9. The van der Waals surface area contributed by atoms with Crippen molar-refractivity contribution in [2.75, 3.05) is 13.1 Å². The molecular weight excluding hydrogens is 309 g/mol. The minimum atomic E-state index is -0.241. The van der Waals surface area contributed by atoms with Gasteiger partial charge in [0.15, 0.2) is 0 Å². The molecule has 5 heteroatoms. The first-order chi connectivity index (χ1) is 9.24. The molecule has 1 aliphatic heterocycles. The number of piperidine rings is 1. The summed E-state index contributed by atoms with van der Waals surface area (Å²) in [5.41, 5.74) is 1.31. The van der Waals surface area contributed by atoms with Crippen LogP contribution < -0.4 is 5.32 Å². The van der Waals surface area contributed by atoms with Crippen molar-refractivity contribution in [2.24, 2.45) is 0 Å². The van der Waals surface area contributed by atoms with Crippen LogP contribution in [0.25, 0.3) is 11.3 Å². The summed E-state index contributed by atoms with van der Waals surface area (Å²) in [6, 6.07) is 5.07. The maximum absolute atomic E-state index is 13.9. The second-order valence-corrected chi connectivity index (χ2v) is 5.75. The monoisotopic (exact) mass is 323 g/mol. The van der Waals surface area contributed by atoms with E-state index in [0.29, 0.717) is 11.5 Å². The number of H-pyrrole nitrogens is 1. The summed E-state index contributed by atoms with van der Waals surface area (Å²) in [6.07, 6.45) is 3.88. The van der Waals surface area contributed by atoms with Crippen LogP contribution >= 0.6 is 15.9 Å². The van der Waals surface area contributed by atoms with Gasteiger partial charge in [0, 0.05) is 16.0 Å². The number of benzene rings is 1. The van der Waals surface area contributed by atoms with E-state index < -0.39 is 0 Å². The van der Waals surface area contributed by atoms with E-state index in [1.54, 1.807) is 12.3 Å². The summed E-state index contributed by atoms with van der Waals surface area (Å²) in [7, 11) is 0. The van der Waals surface area contributed by atoms with E-state index in [-0.39, 0.29) is 5.82 Å². The summed E-state index contributed by atoms with van der Waals surface area (Å²) in [4.78, 5) is 7.68. The van der Waals surface area contributed by atoms with Crippen molar-refractivity contribution in [3.8, 4) is 11.3 Å². The third kappa shape index (κ3) is 2.72. The van der Waals surface area contributed by atoms with Crippen molar-refractivity contribution in [1.82, 2.24) is 15.3 Å². The van der Waals surface area contributed by atoms with E-state index in [0.717, 1.165) is 41.9 Å². The van der Waals surface area contributed by atoms with Gasteiger partial charge in [-0.1, -0.05) is 15.9 Å². The molecule has 0 spiro atoms. The van der Waals surface area contributed by atoms with Gasteiger partial charge < -0.3 is 10.3 Å². The highest BCUT2D eigenvalue weighted by Gasteiger charge is 2.19. The van der Waals surface area contributed by atoms with Gasteiger partial charge >= 0.3 is 0 Å². The zero-order valence-corrected chi connectivity index (χ0v) is 12.0. The van der Waals surface area contributed by atoms with Crippen LogP contribution in [0, 0.1) is 5.82 Å². The van der Waals surface area contributed by atoms with Crippen LogP contribution in [0.1, 0.15) is 24.6 Å². The van der Waals surface area contributed by atoms with Gasteiger partial charge in [0.25, 0.3) is 0 Å². The van der Waals surface area contributed by atoms with Crippen LogP contribution in [0.2, 0.25) is 0 Å². The molecule has 19 heavy (non-hydrogen) atoms. The average molecular weight is 324 g/mol. The molecule has 2 aromatic rings.